The van der Waals surface area contributed by atoms with Crippen molar-refractivity contribution in [1.82, 2.24) is 14.8 Å². The number of carbonyl (C=O) groups excluding carboxylic acids is 1. The van der Waals surface area contributed by atoms with Gasteiger partial charge in [-0.25, -0.2) is 0 Å². The predicted molar refractivity (Wildman–Crippen MR) is 98.9 cm³/mol. The second-order valence-electron chi connectivity index (χ2n) is 6.32. The number of aromatic nitrogens is 1. The lowest BCUT2D eigenvalue weighted by Crippen LogP contribution is -2.38. The van der Waals surface area contributed by atoms with E-state index in [1.807, 2.05) is 12.1 Å². The van der Waals surface area contributed by atoms with Crippen LogP contribution in [0.4, 0.5) is 0 Å². The van der Waals surface area contributed by atoms with Gasteiger partial charge >= 0.3 is 0 Å². The van der Waals surface area contributed by atoms with Crippen molar-refractivity contribution in [3.05, 3.63) is 53.3 Å². The molecule has 1 fully saturated rings. The van der Waals surface area contributed by atoms with Crippen LogP contribution in [0.3, 0.4) is 0 Å². The Balaban J connectivity index is 1.41. The molecule has 1 saturated heterocycles. The van der Waals surface area contributed by atoms with E-state index in [9.17, 15) is 4.79 Å². The Morgan fingerprint density at radius 2 is 2.12 bits per heavy atom. The maximum Gasteiger partial charge on any atom is 0.234 e. The van der Waals surface area contributed by atoms with E-state index >= 15 is 0 Å². The van der Waals surface area contributed by atoms with E-state index in [0.29, 0.717) is 30.8 Å². The molecule has 1 N–H and O–H groups in total. The van der Waals surface area contributed by atoms with Crippen LogP contribution < -0.4 is 10.1 Å². The van der Waals surface area contributed by atoms with E-state index in [1.54, 1.807) is 12.1 Å². The molecule has 0 radical (unpaired) electrons. The van der Waals surface area contributed by atoms with Gasteiger partial charge in [-0.15, -0.1) is 0 Å². The molecule has 2 heterocycles. The van der Waals surface area contributed by atoms with E-state index in [1.165, 1.54) is 5.69 Å². The Morgan fingerprint density at radius 1 is 1.32 bits per heavy atom. The van der Waals surface area contributed by atoms with Gasteiger partial charge in [-0.05, 0) is 55.8 Å². The quantitative estimate of drug-likeness (QED) is 0.771. The Kier molecular flexibility index (Phi) is 6.00. The van der Waals surface area contributed by atoms with Crippen molar-refractivity contribution < 1.29 is 9.53 Å². The normalized spacial score (nSPS) is 17.6. The molecular weight excluding hydrogens is 338 g/mol. The molecule has 6 heteroatoms. The third-order valence-electron chi connectivity index (χ3n) is 4.54. The van der Waals surface area contributed by atoms with Crippen LogP contribution in [-0.2, 0) is 11.8 Å². The number of amides is 1. The highest BCUT2D eigenvalue weighted by Gasteiger charge is 2.28. The van der Waals surface area contributed by atoms with Crippen LogP contribution in [0, 0.1) is 0 Å². The Bertz CT molecular complexity index is 699. The number of ether oxygens (including phenoxy) is 1. The largest absolute Gasteiger partial charge is 0.492 e. The summed E-state index contributed by atoms with van der Waals surface area (Å²) < 4.78 is 7.73. The van der Waals surface area contributed by atoms with Crippen molar-refractivity contribution in [3.63, 3.8) is 0 Å². The first kappa shape index (κ1) is 17.8. The van der Waals surface area contributed by atoms with Crippen molar-refractivity contribution >= 4 is 17.5 Å². The zero-order chi connectivity index (χ0) is 17.6. The van der Waals surface area contributed by atoms with Crippen molar-refractivity contribution in [1.29, 1.82) is 0 Å². The average Bonchev–Trinajstić information content (AvgIpc) is 3.21. The van der Waals surface area contributed by atoms with Gasteiger partial charge in [0.05, 0.1) is 19.1 Å². The van der Waals surface area contributed by atoms with E-state index in [4.69, 9.17) is 16.3 Å². The summed E-state index contributed by atoms with van der Waals surface area (Å²) in [6, 6.07) is 11.7. The molecule has 1 aliphatic rings. The summed E-state index contributed by atoms with van der Waals surface area (Å²) in [5.41, 5.74) is 1.27. The summed E-state index contributed by atoms with van der Waals surface area (Å²) in [6.07, 6.45) is 4.29. The van der Waals surface area contributed by atoms with E-state index in [0.717, 1.165) is 25.1 Å². The van der Waals surface area contributed by atoms with Gasteiger partial charge in [0.15, 0.2) is 0 Å². The number of carbonyl (C=O) groups is 1. The van der Waals surface area contributed by atoms with E-state index in [-0.39, 0.29) is 5.91 Å². The number of halogens is 1. The number of hydrogen-bond donors (Lipinski definition) is 1. The van der Waals surface area contributed by atoms with Crippen LogP contribution in [0.25, 0.3) is 0 Å². The highest BCUT2D eigenvalue weighted by molar-refractivity contribution is 6.30. The standard InChI is InChI=1S/C19H24ClN3O2/c1-22-11-2-4-17(22)18-5-3-12-23(18)14-19(24)21-10-13-25-16-8-6-15(20)7-9-16/h2,4,6-9,11,18H,3,5,10,12-14H2,1H3,(H,21,24)/t18-/m0/s1. The topological polar surface area (TPSA) is 46.5 Å². The summed E-state index contributed by atoms with van der Waals surface area (Å²) in [7, 11) is 2.06. The van der Waals surface area contributed by atoms with Crippen LogP contribution in [-0.4, -0.2) is 41.6 Å². The molecule has 0 spiro atoms. The molecular formula is C19H24ClN3O2. The SMILES string of the molecule is Cn1cccc1[C@@H]1CCCN1CC(=O)NCCOc1ccc(Cl)cc1. The van der Waals surface area contributed by atoms with Gasteiger partial charge < -0.3 is 14.6 Å². The van der Waals surface area contributed by atoms with Gasteiger partial charge in [-0.3, -0.25) is 9.69 Å². The lowest BCUT2D eigenvalue weighted by atomic mass is 10.1. The molecule has 1 amide bonds. The van der Waals surface area contributed by atoms with Crippen molar-refractivity contribution in [3.8, 4) is 5.75 Å². The lowest BCUT2D eigenvalue weighted by Gasteiger charge is -2.24. The number of nitrogens with one attached hydrogen (secondary N) is 1. The number of aryl methyl sites for hydroxylation is 1. The Hall–Kier alpha value is -1.98. The van der Waals surface area contributed by atoms with Crippen LogP contribution in [0.2, 0.25) is 5.02 Å². The summed E-state index contributed by atoms with van der Waals surface area (Å²) in [5.74, 6) is 0.794. The third-order valence-corrected chi connectivity index (χ3v) is 4.79. The van der Waals surface area contributed by atoms with Gasteiger partial charge in [0.2, 0.25) is 5.91 Å². The van der Waals surface area contributed by atoms with Crippen LogP contribution >= 0.6 is 11.6 Å². The van der Waals surface area contributed by atoms with Crippen molar-refractivity contribution in [2.24, 2.45) is 7.05 Å². The van der Waals surface area contributed by atoms with Crippen LogP contribution in [0.15, 0.2) is 42.6 Å². The molecule has 0 unspecified atom stereocenters. The first-order valence-electron chi connectivity index (χ1n) is 8.64. The molecule has 1 aromatic heterocycles. The number of nitrogens with zero attached hydrogens (tertiary/aromatic N) is 2. The molecule has 5 nitrogen and oxygen atoms in total. The molecule has 1 aromatic carbocycles. The van der Waals surface area contributed by atoms with Crippen LogP contribution in [0.1, 0.15) is 24.6 Å². The number of benzene rings is 1. The number of hydrogen-bond acceptors (Lipinski definition) is 3. The van der Waals surface area contributed by atoms with Gasteiger partial charge in [0.25, 0.3) is 0 Å². The molecule has 2 aromatic rings. The minimum atomic E-state index is 0.0424. The van der Waals surface area contributed by atoms with Gasteiger partial charge in [-0.2, -0.15) is 0 Å². The Labute approximate surface area is 153 Å². The fraction of sp³-hybridized carbons (Fsp3) is 0.421. The summed E-state index contributed by atoms with van der Waals surface area (Å²) >= 11 is 5.84. The highest BCUT2D eigenvalue weighted by Crippen LogP contribution is 2.31. The first-order valence-corrected chi connectivity index (χ1v) is 9.01. The fourth-order valence-corrected chi connectivity index (χ4v) is 3.43. The first-order chi connectivity index (χ1) is 12.1. The van der Waals surface area contributed by atoms with E-state index in [2.05, 4.69) is 40.2 Å². The molecule has 0 saturated carbocycles. The van der Waals surface area contributed by atoms with Gasteiger partial charge in [0.1, 0.15) is 12.4 Å². The second kappa shape index (κ2) is 8.41. The Morgan fingerprint density at radius 3 is 2.84 bits per heavy atom. The minimum Gasteiger partial charge on any atom is -0.492 e. The summed E-state index contributed by atoms with van der Waals surface area (Å²) in [4.78, 5) is 14.5. The molecule has 25 heavy (non-hydrogen) atoms. The van der Waals surface area contributed by atoms with Gasteiger partial charge in [-0.1, -0.05) is 11.6 Å². The highest BCUT2D eigenvalue weighted by atomic mass is 35.5. The van der Waals surface area contributed by atoms with Gasteiger partial charge in [0, 0.05) is 24.0 Å². The van der Waals surface area contributed by atoms with Crippen molar-refractivity contribution in [2.75, 3.05) is 26.2 Å². The molecule has 0 bridgehead atoms. The molecule has 0 aliphatic carbocycles. The van der Waals surface area contributed by atoms with E-state index < -0.39 is 0 Å². The lowest BCUT2D eigenvalue weighted by molar-refractivity contribution is -0.122. The number of rotatable bonds is 7. The predicted octanol–water partition coefficient (Wildman–Crippen LogP) is 3.01. The summed E-state index contributed by atoms with van der Waals surface area (Å²) in [5, 5.41) is 3.61. The average molecular weight is 362 g/mol. The third kappa shape index (κ3) is 4.77. The van der Waals surface area contributed by atoms with Crippen LogP contribution in [0.5, 0.6) is 5.75 Å². The number of likely N-dealkylation sites (tertiary alicyclic amines) is 1. The summed E-state index contributed by atoms with van der Waals surface area (Å²) in [6.45, 7) is 2.32. The minimum absolute atomic E-state index is 0.0424. The zero-order valence-corrected chi connectivity index (χ0v) is 15.2. The van der Waals surface area contributed by atoms with Crippen molar-refractivity contribution in [2.45, 2.75) is 18.9 Å². The monoisotopic (exact) mass is 361 g/mol. The molecule has 1 atom stereocenters. The maximum absolute atomic E-state index is 12.2. The maximum atomic E-state index is 12.2. The molecule has 134 valence electrons. The zero-order valence-electron chi connectivity index (χ0n) is 14.5. The molecule has 1 aliphatic heterocycles. The molecule has 3 rings (SSSR count). The fourth-order valence-electron chi connectivity index (χ4n) is 3.30. The smallest absolute Gasteiger partial charge is 0.234 e. The second-order valence-corrected chi connectivity index (χ2v) is 6.76.